The second kappa shape index (κ2) is 7.55. The average molecular weight is 479 g/mol. The Morgan fingerprint density at radius 1 is 1.13 bits per heavy atom. The van der Waals surface area contributed by atoms with E-state index in [1.807, 2.05) is 16.8 Å². The number of nitrogens with one attached hydrogen (secondary N) is 3. The Kier molecular flexibility index (Phi) is 4.99. The number of anilines is 2. The molecule has 0 bridgehead atoms. The summed E-state index contributed by atoms with van der Waals surface area (Å²) >= 11 is 13.9. The number of aromatic nitrogens is 2. The van der Waals surface area contributed by atoms with Gasteiger partial charge in [-0.2, -0.15) is 11.3 Å². The van der Waals surface area contributed by atoms with Gasteiger partial charge in [-0.15, -0.1) is 0 Å². The number of sulfonamides is 1. The van der Waals surface area contributed by atoms with E-state index < -0.39 is 10.0 Å². The molecule has 30 heavy (non-hydrogen) atoms. The molecule has 1 fully saturated rings. The van der Waals surface area contributed by atoms with Gasteiger partial charge in [0.1, 0.15) is 5.52 Å². The molecule has 2 aromatic heterocycles. The Balaban J connectivity index is 1.58. The first-order valence-corrected chi connectivity index (χ1v) is 12.4. The summed E-state index contributed by atoms with van der Waals surface area (Å²) in [5.41, 5.74) is 3.74. The average Bonchev–Trinajstić information content (AvgIpc) is 3.18. The maximum Gasteiger partial charge on any atom is 0.240 e. The monoisotopic (exact) mass is 478 g/mol. The summed E-state index contributed by atoms with van der Waals surface area (Å²) < 4.78 is 28.1. The third-order valence-corrected chi connectivity index (χ3v) is 7.83. The highest BCUT2D eigenvalue weighted by Crippen LogP contribution is 2.35. The van der Waals surface area contributed by atoms with Crippen LogP contribution < -0.4 is 10.0 Å². The van der Waals surface area contributed by atoms with Gasteiger partial charge in [0.2, 0.25) is 16.0 Å². The van der Waals surface area contributed by atoms with E-state index in [-0.39, 0.29) is 10.9 Å². The van der Waals surface area contributed by atoms with Crippen molar-refractivity contribution >= 4 is 67.2 Å². The topological polar surface area (TPSA) is 86.9 Å². The van der Waals surface area contributed by atoms with E-state index in [1.165, 1.54) is 0 Å². The van der Waals surface area contributed by atoms with Crippen LogP contribution in [0, 0.1) is 0 Å². The van der Waals surface area contributed by atoms with Gasteiger partial charge in [0.05, 0.1) is 26.1 Å². The fourth-order valence-corrected chi connectivity index (χ4v) is 5.50. The first-order chi connectivity index (χ1) is 14.4. The highest BCUT2D eigenvalue weighted by Gasteiger charge is 2.28. The third kappa shape index (κ3) is 3.81. The molecule has 2 aromatic carbocycles. The molecule has 0 aliphatic heterocycles. The number of thiophene rings is 1. The fraction of sp³-hybridized carbons (Fsp3) is 0.150. The number of aromatic amines is 1. The molecule has 0 spiro atoms. The zero-order valence-electron chi connectivity index (χ0n) is 15.4. The molecule has 1 aliphatic carbocycles. The quantitative estimate of drug-likeness (QED) is 0.327. The summed E-state index contributed by atoms with van der Waals surface area (Å²) in [6.07, 6.45) is 1.75. The van der Waals surface area contributed by atoms with Gasteiger partial charge in [-0.25, -0.2) is 18.1 Å². The van der Waals surface area contributed by atoms with Gasteiger partial charge in [0, 0.05) is 11.6 Å². The number of imidazole rings is 1. The molecule has 1 aliphatic rings. The molecule has 10 heteroatoms. The van der Waals surface area contributed by atoms with Crippen LogP contribution >= 0.6 is 34.5 Å². The SMILES string of the molecule is O=S(=O)(NC1CC1)c1ccc(-c2ccsc2)c(Nc2nc3c(Cl)c(Cl)ccc3[nH]2)c1. The summed E-state index contributed by atoms with van der Waals surface area (Å²) in [4.78, 5) is 7.85. The Bertz CT molecular complexity index is 1350. The Morgan fingerprint density at radius 3 is 2.70 bits per heavy atom. The maximum atomic E-state index is 12.7. The van der Waals surface area contributed by atoms with Gasteiger partial charge >= 0.3 is 0 Å². The molecular formula is C20H16Cl2N4O2S2. The molecule has 4 aromatic rings. The van der Waals surface area contributed by atoms with Gasteiger partial charge < -0.3 is 10.3 Å². The zero-order valence-corrected chi connectivity index (χ0v) is 18.6. The lowest BCUT2D eigenvalue weighted by Gasteiger charge is -2.13. The molecule has 2 heterocycles. The van der Waals surface area contributed by atoms with E-state index in [0.717, 1.165) is 29.5 Å². The van der Waals surface area contributed by atoms with Crippen molar-refractivity contribution in [1.82, 2.24) is 14.7 Å². The minimum atomic E-state index is -3.59. The number of benzene rings is 2. The minimum Gasteiger partial charge on any atom is -0.325 e. The van der Waals surface area contributed by atoms with Crippen molar-refractivity contribution in [3.63, 3.8) is 0 Å². The third-order valence-electron chi connectivity index (χ3n) is 4.83. The number of hydrogen-bond acceptors (Lipinski definition) is 5. The van der Waals surface area contributed by atoms with Crippen LogP contribution in [0.1, 0.15) is 12.8 Å². The fourth-order valence-electron chi connectivity index (χ4n) is 3.16. The van der Waals surface area contributed by atoms with Crippen molar-refractivity contribution in [3.8, 4) is 11.1 Å². The largest absolute Gasteiger partial charge is 0.325 e. The number of rotatable bonds is 6. The van der Waals surface area contributed by atoms with Gasteiger partial charge in [0.25, 0.3) is 0 Å². The van der Waals surface area contributed by atoms with Crippen LogP contribution in [0.4, 0.5) is 11.6 Å². The highest BCUT2D eigenvalue weighted by atomic mass is 35.5. The predicted molar refractivity (Wildman–Crippen MR) is 122 cm³/mol. The zero-order chi connectivity index (χ0) is 20.9. The van der Waals surface area contributed by atoms with Crippen LogP contribution in [-0.2, 0) is 10.0 Å². The van der Waals surface area contributed by atoms with E-state index in [4.69, 9.17) is 23.2 Å². The molecule has 0 unspecified atom stereocenters. The van der Waals surface area contributed by atoms with Crippen LogP contribution in [0.25, 0.3) is 22.2 Å². The van der Waals surface area contributed by atoms with Crippen molar-refractivity contribution in [1.29, 1.82) is 0 Å². The Hall–Kier alpha value is -2.10. The molecule has 0 atom stereocenters. The molecule has 0 radical (unpaired) electrons. The molecule has 0 amide bonds. The summed E-state index contributed by atoms with van der Waals surface area (Å²) in [5.74, 6) is 0.440. The standard InChI is InChI=1S/C20H16Cl2N4O2S2/c21-15-5-6-16-19(18(15)22)25-20(23-16)24-17-9-13(30(27,28)26-12-1-2-12)3-4-14(17)11-7-8-29-10-11/h3-10,12,26H,1-2H2,(H2,23,24,25). The lowest BCUT2D eigenvalue weighted by atomic mass is 10.1. The summed E-state index contributed by atoms with van der Waals surface area (Å²) in [7, 11) is -3.59. The summed E-state index contributed by atoms with van der Waals surface area (Å²) in [6, 6.07) is 10.6. The van der Waals surface area contributed by atoms with Gasteiger partial charge in [-0.05, 0) is 59.5 Å². The number of hydrogen-bond donors (Lipinski definition) is 3. The first kappa shape index (κ1) is 19.8. The minimum absolute atomic E-state index is 0.0326. The van der Waals surface area contributed by atoms with E-state index >= 15 is 0 Å². The Morgan fingerprint density at radius 2 is 1.97 bits per heavy atom. The van der Waals surface area contributed by atoms with Crippen molar-refractivity contribution < 1.29 is 8.42 Å². The van der Waals surface area contributed by atoms with Gasteiger partial charge in [-0.3, -0.25) is 0 Å². The highest BCUT2D eigenvalue weighted by molar-refractivity contribution is 7.89. The molecule has 0 saturated heterocycles. The summed E-state index contributed by atoms with van der Waals surface area (Å²) in [6.45, 7) is 0. The molecule has 3 N–H and O–H groups in total. The second-order valence-electron chi connectivity index (χ2n) is 7.08. The molecule has 5 rings (SSSR count). The lowest BCUT2D eigenvalue weighted by Crippen LogP contribution is -2.25. The van der Waals surface area contributed by atoms with Crippen molar-refractivity contribution in [2.24, 2.45) is 0 Å². The predicted octanol–water partition coefficient (Wildman–Crippen LogP) is 5.78. The molecular weight excluding hydrogens is 463 g/mol. The number of nitrogens with zero attached hydrogens (tertiary/aromatic N) is 1. The number of fused-ring (bicyclic) bond motifs is 1. The first-order valence-electron chi connectivity index (χ1n) is 9.20. The summed E-state index contributed by atoms with van der Waals surface area (Å²) in [5, 5.41) is 7.98. The Labute approximate surface area is 187 Å². The van der Waals surface area contributed by atoms with E-state index in [9.17, 15) is 8.42 Å². The van der Waals surface area contributed by atoms with Crippen LogP contribution in [0.2, 0.25) is 10.0 Å². The van der Waals surface area contributed by atoms with Crippen LogP contribution in [0.15, 0.2) is 52.1 Å². The van der Waals surface area contributed by atoms with E-state index in [2.05, 4.69) is 20.0 Å². The second-order valence-corrected chi connectivity index (χ2v) is 10.4. The van der Waals surface area contributed by atoms with Gasteiger partial charge in [0.15, 0.2) is 0 Å². The van der Waals surface area contributed by atoms with Crippen molar-refractivity contribution in [2.45, 2.75) is 23.8 Å². The van der Waals surface area contributed by atoms with Crippen molar-refractivity contribution in [3.05, 3.63) is 57.2 Å². The van der Waals surface area contributed by atoms with Gasteiger partial charge in [-0.1, -0.05) is 29.3 Å². The van der Waals surface area contributed by atoms with Crippen LogP contribution in [0.5, 0.6) is 0 Å². The molecule has 1 saturated carbocycles. The van der Waals surface area contributed by atoms with Crippen LogP contribution in [-0.4, -0.2) is 24.4 Å². The number of halogens is 2. The molecule has 6 nitrogen and oxygen atoms in total. The maximum absolute atomic E-state index is 12.7. The lowest BCUT2D eigenvalue weighted by molar-refractivity contribution is 0.581. The normalized spacial score (nSPS) is 14.3. The van der Waals surface area contributed by atoms with E-state index in [0.29, 0.717) is 27.2 Å². The number of H-pyrrole nitrogens is 1. The molecule has 154 valence electrons. The smallest absolute Gasteiger partial charge is 0.240 e. The van der Waals surface area contributed by atoms with E-state index in [1.54, 1.807) is 41.7 Å². The van der Waals surface area contributed by atoms with Crippen LogP contribution in [0.3, 0.4) is 0 Å². The van der Waals surface area contributed by atoms with Crippen molar-refractivity contribution in [2.75, 3.05) is 5.32 Å².